The van der Waals surface area contributed by atoms with Crippen molar-refractivity contribution in [2.24, 2.45) is 5.73 Å². The van der Waals surface area contributed by atoms with E-state index in [2.05, 4.69) is 5.32 Å². The predicted octanol–water partition coefficient (Wildman–Crippen LogP) is 1.92. The first kappa shape index (κ1) is 15.6. The molecule has 0 aliphatic rings. The Kier molecular flexibility index (Phi) is 4.78. The molecule has 106 valence electrons. The summed E-state index contributed by atoms with van der Waals surface area (Å²) in [4.78, 5) is 22.0. The van der Waals surface area contributed by atoms with Gasteiger partial charge in [0.15, 0.2) is 0 Å². The molecule has 3 N–H and O–H groups in total. The van der Waals surface area contributed by atoms with Crippen molar-refractivity contribution in [1.82, 2.24) is 0 Å². The van der Waals surface area contributed by atoms with E-state index < -0.39 is 10.5 Å². The third kappa shape index (κ3) is 4.66. The van der Waals surface area contributed by atoms with Crippen LogP contribution in [0.2, 0.25) is 0 Å². The maximum Gasteiger partial charge on any atom is 0.294 e. The number of carbonyl (C=O) groups is 1. The largest absolute Gasteiger partial charge is 0.326 e. The van der Waals surface area contributed by atoms with Crippen LogP contribution in [0.3, 0.4) is 0 Å². The van der Waals surface area contributed by atoms with Crippen molar-refractivity contribution in [3.63, 3.8) is 0 Å². The number of amides is 1. The first-order valence-corrected chi connectivity index (χ1v) is 6.00. The number of carbonyl (C=O) groups excluding carboxylic acids is 1. The normalized spacial score (nSPS) is 10.7. The third-order valence-corrected chi connectivity index (χ3v) is 2.59. The number of hydrogen-bond acceptors (Lipinski definition) is 5. The van der Waals surface area contributed by atoms with Crippen LogP contribution in [0, 0.1) is 21.4 Å². The molecule has 0 bridgehead atoms. The highest BCUT2D eigenvalue weighted by Gasteiger charge is 2.18. The number of nitro benzene ring substituents is 1. The van der Waals surface area contributed by atoms with E-state index in [9.17, 15) is 14.9 Å². The summed E-state index contributed by atoms with van der Waals surface area (Å²) >= 11 is 0. The van der Waals surface area contributed by atoms with Gasteiger partial charge in [-0.2, -0.15) is 5.26 Å². The molecule has 7 nitrogen and oxygen atoms in total. The minimum absolute atomic E-state index is 0.0776. The summed E-state index contributed by atoms with van der Waals surface area (Å²) in [6.45, 7) is 3.59. The van der Waals surface area contributed by atoms with Crippen LogP contribution >= 0.6 is 0 Å². The van der Waals surface area contributed by atoms with Crippen molar-refractivity contribution in [2.75, 3.05) is 5.32 Å². The standard InChI is InChI=1S/C13H16N4O3/c1-13(2,15)6-5-12(18)16-10-4-3-9(8-14)7-11(10)17(19)20/h3-4,7H,5-6,15H2,1-2H3,(H,16,18). The van der Waals surface area contributed by atoms with Gasteiger partial charge in [0, 0.05) is 18.0 Å². The lowest BCUT2D eigenvalue weighted by Gasteiger charge is -2.17. The average molecular weight is 276 g/mol. The summed E-state index contributed by atoms with van der Waals surface area (Å²) < 4.78 is 0. The monoisotopic (exact) mass is 276 g/mol. The van der Waals surface area contributed by atoms with Crippen molar-refractivity contribution >= 4 is 17.3 Å². The van der Waals surface area contributed by atoms with Crippen LogP contribution < -0.4 is 11.1 Å². The van der Waals surface area contributed by atoms with Gasteiger partial charge in [-0.3, -0.25) is 14.9 Å². The van der Waals surface area contributed by atoms with Gasteiger partial charge < -0.3 is 11.1 Å². The van der Waals surface area contributed by atoms with Crippen molar-refractivity contribution in [3.05, 3.63) is 33.9 Å². The highest BCUT2D eigenvalue weighted by molar-refractivity contribution is 5.93. The summed E-state index contributed by atoms with van der Waals surface area (Å²) in [5.41, 5.74) is 5.23. The van der Waals surface area contributed by atoms with E-state index in [1.165, 1.54) is 12.1 Å². The van der Waals surface area contributed by atoms with Crippen LogP contribution in [0.25, 0.3) is 0 Å². The second-order valence-electron chi connectivity index (χ2n) is 5.14. The van der Waals surface area contributed by atoms with Gasteiger partial charge >= 0.3 is 0 Å². The molecule has 0 aromatic heterocycles. The lowest BCUT2D eigenvalue weighted by atomic mass is 10.00. The second-order valence-corrected chi connectivity index (χ2v) is 5.14. The van der Waals surface area contributed by atoms with Crippen LogP contribution in [-0.2, 0) is 4.79 Å². The number of benzene rings is 1. The van der Waals surface area contributed by atoms with Gasteiger partial charge in [0.25, 0.3) is 5.69 Å². The fourth-order valence-corrected chi connectivity index (χ4v) is 1.51. The molecule has 0 atom stereocenters. The molecule has 1 rings (SSSR count). The molecule has 0 unspecified atom stereocenters. The molecule has 0 heterocycles. The lowest BCUT2D eigenvalue weighted by Crippen LogP contribution is -2.33. The highest BCUT2D eigenvalue weighted by atomic mass is 16.6. The average Bonchev–Trinajstić information content (AvgIpc) is 2.35. The Morgan fingerprint density at radius 1 is 1.55 bits per heavy atom. The molecule has 1 amide bonds. The second kappa shape index (κ2) is 6.12. The summed E-state index contributed by atoms with van der Waals surface area (Å²) in [5.74, 6) is -0.351. The molecule has 0 aliphatic heterocycles. The summed E-state index contributed by atoms with van der Waals surface area (Å²) in [6.07, 6.45) is 0.629. The quantitative estimate of drug-likeness (QED) is 0.628. The number of nitriles is 1. The van der Waals surface area contributed by atoms with Gasteiger partial charge in [0.05, 0.1) is 16.6 Å². The van der Waals surface area contributed by atoms with Gasteiger partial charge in [0.2, 0.25) is 5.91 Å². The molecule has 7 heteroatoms. The molecular weight excluding hydrogens is 260 g/mol. The van der Waals surface area contributed by atoms with E-state index in [0.29, 0.717) is 6.42 Å². The van der Waals surface area contributed by atoms with Crippen LogP contribution in [0.4, 0.5) is 11.4 Å². The summed E-state index contributed by atoms with van der Waals surface area (Å²) in [5, 5.41) is 22.1. The lowest BCUT2D eigenvalue weighted by molar-refractivity contribution is -0.383. The molecule has 0 saturated carbocycles. The number of hydrogen-bond donors (Lipinski definition) is 2. The SMILES string of the molecule is CC(C)(N)CCC(=O)Nc1ccc(C#N)cc1[N+](=O)[O-]. The van der Waals surface area contributed by atoms with Crippen LogP contribution in [-0.4, -0.2) is 16.4 Å². The van der Waals surface area contributed by atoms with E-state index in [1.807, 2.05) is 6.07 Å². The Labute approximate surface area is 116 Å². The van der Waals surface area contributed by atoms with E-state index in [0.717, 1.165) is 6.07 Å². The number of anilines is 1. The Morgan fingerprint density at radius 2 is 2.20 bits per heavy atom. The fraction of sp³-hybridized carbons (Fsp3) is 0.385. The van der Waals surface area contributed by atoms with Crippen molar-refractivity contribution in [2.45, 2.75) is 32.2 Å². The minimum atomic E-state index is -0.636. The maximum atomic E-state index is 11.7. The molecule has 0 aliphatic carbocycles. The molecule has 0 spiro atoms. The van der Waals surface area contributed by atoms with E-state index in [4.69, 9.17) is 11.0 Å². The Balaban J connectivity index is 2.85. The van der Waals surface area contributed by atoms with Gasteiger partial charge in [-0.15, -0.1) is 0 Å². The molecule has 20 heavy (non-hydrogen) atoms. The highest BCUT2D eigenvalue weighted by Crippen LogP contribution is 2.25. The van der Waals surface area contributed by atoms with Crippen molar-refractivity contribution in [3.8, 4) is 6.07 Å². The zero-order valence-electron chi connectivity index (χ0n) is 11.3. The number of nitrogens with zero attached hydrogens (tertiary/aromatic N) is 2. The van der Waals surface area contributed by atoms with Gasteiger partial charge in [0.1, 0.15) is 5.69 Å². The first-order valence-electron chi connectivity index (χ1n) is 6.00. The first-order chi connectivity index (χ1) is 9.23. The third-order valence-electron chi connectivity index (χ3n) is 2.59. The summed E-state index contributed by atoms with van der Waals surface area (Å²) in [7, 11) is 0. The Hall–Kier alpha value is -2.46. The topological polar surface area (TPSA) is 122 Å². The van der Waals surface area contributed by atoms with E-state index in [1.54, 1.807) is 13.8 Å². The molecular formula is C13H16N4O3. The zero-order chi connectivity index (χ0) is 15.3. The smallest absolute Gasteiger partial charge is 0.294 e. The van der Waals surface area contributed by atoms with E-state index in [-0.39, 0.29) is 29.3 Å². The van der Waals surface area contributed by atoms with Crippen molar-refractivity contribution < 1.29 is 9.72 Å². The number of nitrogens with one attached hydrogen (secondary N) is 1. The molecule has 1 aromatic carbocycles. The summed E-state index contributed by atoms with van der Waals surface area (Å²) in [6, 6.07) is 5.70. The van der Waals surface area contributed by atoms with Gasteiger partial charge in [-0.25, -0.2) is 0 Å². The predicted molar refractivity (Wildman–Crippen MR) is 73.9 cm³/mol. The van der Waals surface area contributed by atoms with Crippen molar-refractivity contribution in [1.29, 1.82) is 5.26 Å². The van der Waals surface area contributed by atoms with Gasteiger partial charge in [-0.1, -0.05) is 0 Å². The number of nitro groups is 1. The van der Waals surface area contributed by atoms with Crippen LogP contribution in [0.15, 0.2) is 18.2 Å². The van der Waals surface area contributed by atoms with E-state index >= 15 is 0 Å². The Bertz CT molecular complexity index is 570. The minimum Gasteiger partial charge on any atom is -0.326 e. The van der Waals surface area contributed by atoms with Crippen LogP contribution in [0.1, 0.15) is 32.3 Å². The molecule has 1 aromatic rings. The number of rotatable bonds is 5. The Morgan fingerprint density at radius 3 is 2.70 bits per heavy atom. The zero-order valence-corrected chi connectivity index (χ0v) is 11.3. The van der Waals surface area contributed by atoms with Gasteiger partial charge in [-0.05, 0) is 32.4 Å². The molecule has 0 radical (unpaired) electrons. The molecule has 0 saturated heterocycles. The van der Waals surface area contributed by atoms with Crippen LogP contribution in [0.5, 0.6) is 0 Å². The maximum absolute atomic E-state index is 11.7. The number of nitrogens with two attached hydrogens (primary N) is 1. The molecule has 0 fully saturated rings. The fourth-order valence-electron chi connectivity index (χ4n) is 1.51.